The first-order chi connectivity index (χ1) is 21.4. The van der Waals surface area contributed by atoms with Crippen molar-refractivity contribution in [3.63, 3.8) is 0 Å². The topological polar surface area (TPSA) is 207 Å². The molecule has 14 nitrogen and oxygen atoms in total. The quantitative estimate of drug-likeness (QED) is 0.210. The number of fused-ring (bicyclic) bond motifs is 1. The van der Waals surface area contributed by atoms with E-state index in [0.717, 1.165) is 0 Å². The van der Waals surface area contributed by atoms with Gasteiger partial charge in [0.05, 0.1) is 31.5 Å². The van der Waals surface area contributed by atoms with Gasteiger partial charge in [-0.25, -0.2) is 4.39 Å². The Morgan fingerprint density at radius 1 is 1.02 bits per heavy atom. The summed E-state index contributed by atoms with van der Waals surface area (Å²) in [4.78, 5) is 77.3. The van der Waals surface area contributed by atoms with Crippen LogP contribution in [-0.4, -0.2) is 79.9 Å². The number of primary amides is 1. The number of benzene rings is 2. The second kappa shape index (κ2) is 16.6. The molecule has 0 unspecified atom stereocenters. The lowest BCUT2D eigenvalue weighted by Crippen LogP contribution is -2.57. The van der Waals surface area contributed by atoms with Crippen LogP contribution in [0.15, 0.2) is 48.5 Å². The Bertz CT molecular complexity index is 1390. The Kier molecular flexibility index (Phi) is 12.6. The van der Waals surface area contributed by atoms with Crippen molar-refractivity contribution in [3.05, 3.63) is 59.9 Å². The molecule has 0 bridgehead atoms. The molecule has 0 saturated carbocycles. The molecule has 2 aromatic rings. The van der Waals surface area contributed by atoms with Gasteiger partial charge in [0.15, 0.2) is 0 Å². The Balaban J connectivity index is 1.83. The first kappa shape index (κ1) is 34.3. The lowest BCUT2D eigenvalue weighted by molar-refractivity contribution is -0.134. The van der Waals surface area contributed by atoms with Crippen molar-refractivity contribution < 1.29 is 42.6 Å². The van der Waals surface area contributed by atoms with Gasteiger partial charge in [0.25, 0.3) is 5.91 Å². The molecule has 45 heavy (non-hydrogen) atoms. The number of rotatable bonds is 8. The summed E-state index contributed by atoms with van der Waals surface area (Å²) >= 11 is 0. The average molecular weight is 629 g/mol. The van der Waals surface area contributed by atoms with E-state index in [0.29, 0.717) is 5.75 Å². The number of amides is 6. The highest BCUT2D eigenvalue weighted by Crippen LogP contribution is 2.18. The molecule has 6 amide bonds. The number of hydrogen-bond donors (Lipinski definition) is 6. The fourth-order valence-corrected chi connectivity index (χ4v) is 4.31. The molecule has 0 saturated heterocycles. The maximum Gasteiger partial charge on any atom is 0.255 e. The van der Waals surface area contributed by atoms with E-state index >= 15 is 0 Å². The Morgan fingerprint density at radius 2 is 1.73 bits per heavy atom. The van der Waals surface area contributed by atoms with Crippen molar-refractivity contribution in [2.75, 3.05) is 26.3 Å². The predicted octanol–water partition coefficient (Wildman–Crippen LogP) is -0.481. The number of para-hydroxylation sites is 1. The maximum absolute atomic E-state index is 13.3. The second-order valence-corrected chi connectivity index (χ2v) is 10.5. The van der Waals surface area contributed by atoms with Crippen molar-refractivity contribution in [1.29, 1.82) is 0 Å². The van der Waals surface area contributed by atoms with Gasteiger partial charge in [-0.3, -0.25) is 28.8 Å². The smallest absolute Gasteiger partial charge is 0.255 e. The van der Waals surface area contributed by atoms with Gasteiger partial charge < -0.3 is 41.8 Å². The van der Waals surface area contributed by atoms with Gasteiger partial charge in [0.2, 0.25) is 29.5 Å². The van der Waals surface area contributed by atoms with Crippen molar-refractivity contribution in [2.24, 2.45) is 11.7 Å². The predicted molar refractivity (Wildman–Crippen MR) is 158 cm³/mol. The molecule has 15 heteroatoms. The highest BCUT2D eigenvalue weighted by atomic mass is 19.1. The van der Waals surface area contributed by atoms with E-state index in [1.807, 2.05) is 0 Å². The number of carbonyl (C=O) groups is 6. The van der Waals surface area contributed by atoms with Gasteiger partial charge in [0, 0.05) is 0 Å². The Morgan fingerprint density at radius 3 is 2.42 bits per heavy atom. The summed E-state index contributed by atoms with van der Waals surface area (Å²) in [6.45, 7) is 3.36. The maximum atomic E-state index is 13.3. The van der Waals surface area contributed by atoms with Crippen LogP contribution in [0.25, 0.3) is 0 Å². The number of hydrogen-bond acceptors (Lipinski definition) is 8. The third kappa shape index (κ3) is 10.8. The molecule has 1 aliphatic rings. The van der Waals surface area contributed by atoms with Crippen molar-refractivity contribution >= 4 is 35.4 Å². The van der Waals surface area contributed by atoms with Gasteiger partial charge in [-0.15, -0.1) is 0 Å². The minimum Gasteiger partial charge on any atom is -0.492 e. The van der Waals surface area contributed by atoms with E-state index in [-0.39, 0.29) is 43.5 Å². The number of ether oxygens (including phenoxy) is 2. The SMILES string of the molecule is CC(C)[C@H]1NC(=O)[C@H](CC(N)=O)NC(=O)C[C@@H](C(=O)NCCOc2ccc(F)cc2)NC(=O)c2ccccc2OCCNC1=O. The monoisotopic (exact) mass is 628 g/mol. The van der Waals surface area contributed by atoms with Crippen LogP contribution in [0.4, 0.5) is 4.39 Å². The summed E-state index contributed by atoms with van der Waals surface area (Å²) in [6, 6.07) is 7.55. The lowest BCUT2D eigenvalue weighted by Gasteiger charge is -2.25. The molecule has 3 rings (SSSR count). The Hall–Kier alpha value is -5.21. The minimum absolute atomic E-state index is 0.00839. The molecule has 0 aromatic heterocycles. The molecule has 7 N–H and O–H groups in total. The largest absolute Gasteiger partial charge is 0.492 e. The number of carbonyl (C=O) groups excluding carboxylic acids is 6. The van der Waals surface area contributed by atoms with E-state index in [1.165, 1.54) is 36.4 Å². The van der Waals surface area contributed by atoms with Gasteiger partial charge in [-0.1, -0.05) is 26.0 Å². The summed E-state index contributed by atoms with van der Waals surface area (Å²) in [5, 5.41) is 12.7. The molecule has 0 aliphatic carbocycles. The molecule has 0 spiro atoms. The molecule has 1 aliphatic heterocycles. The van der Waals surface area contributed by atoms with Gasteiger partial charge in [-0.05, 0) is 42.3 Å². The van der Waals surface area contributed by atoms with E-state index in [2.05, 4.69) is 26.6 Å². The van der Waals surface area contributed by atoms with E-state index in [1.54, 1.807) is 26.0 Å². The third-order valence-electron chi connectivity index (χ3n) is 6.59. The second-order valence-electron chi connectivity index (χ2n) is 10.5. The molecular weight excluding hydrogens is 591 g/mol. The van der Waals surface area contributed by atoms with Gasteiger partial charge >= 0.3 is 0 Å². The van der Waals surface area contributed by atoms with E-state index < -0.39 is 72.2 Å². The zero-order valence-corrected chi connectivity index (χ0v) is 24.9. The summed E-state index contributed by atoms with van der Waals surface area (Å²) < 4.78 is 24.3. The van der Waals surface area contributed by atoms with Crippen LogP contribution in [0.1, 0.15) is 37.0 Å². The fraction of sp³-hybridized carbons (Fsp3) is 0.400. The molecule has 242 valence electrons. The zero-order valence-electron chi connectivity index (χ0n) is 24.9. The van der Waals surface area contributed by atoms with Crippen LogP contribution in [0, 0.1) is 11.7 Å². The van der Waals surface area contributed by atoms with Crippen LogP contribution < -0.4 is 41.8 Å². The highest BCUT2D eigenvalue weighted by molar-refractivity contribution is 6.01. The molecule has 3 atom stereocenters. The average Bonchev–Trinajstić information content (AvgIpc) is 2.99. The van der Waals surface area contributed by atoms with Crippen molar-refractivity contribution in [3.8, 4) is 11.5 Å². The number of halogens is 1. The first-order valence-electron chi connectivity index (χ1n) is 14.3. The summed E-state index contributed by atoms with van der Waals surface area (Å²) in [7, 11) is 0. The Labute approximate surface area is 259 Å². The molecule has 2 aromatic carbocycles. The molecule has 0 radical (unpaired) electrons. The molecule has 1 heterocycles. The first-order valence-corrected chi connectivity index (χ1v) is 14.3. The van der Waals surface area contributed by atoms with Crippen LogP contribution >= 0.6 is 0 Å². The number of nitrogens with two attached hydrogens (primary N) is 1. The highest BCUT2D eigenvalue weighted by Gasteiger charge is 2.32. The minimum atomic E-state index is -1.47. The van der Waals surface area contributed by atoms with Gasteiger partial charge in [0.1, 0.15) is 48.7 Å². The third-order valence-corrected chi connectivity index (χ3v) is 6.59. The van der Waals surface area contributed by atoms with Crippen molar-refractivity contribution in [1.82, 2.24) is 26.6 Å². The van der Waals surface area contributed by atoms with E-state index in [4.69, 9.17) is 15.2 Å². The van der Waals surface area contributed by atoms with Crippen LogP contribution in [0.3, 0.4) is 0 Å². The van der Waals surface area contributed by atoms with Crippen molar-refractivity contribution in [2.45, 2.75) is 44.8 Å². The summed E-state index contributed by atoms with van der Waals surface area (Å²) in [5.41, 5.74) is 5.38. The lowest BCUT2D eigenvalue weighted by atomic mass is 10.0. The summed E-state index contributed by atoms with van der Waals surface area (Å²) in [6.07, 6.45) is -1.22. The number of nitrogens with one attached hydrogen (secondary N) is 5. The standard InChI is InChI=1S/C30H37FN6O8/c1-17(2)26-30(43)34-12-14-45-23-6-4-3-5-20(23)27(40)36-22(16-25(39)35-21(15-24(32)38)29(42)37-26)28(41)33-11-13-44-19-9-7-18(31)8-10-19/h3-10,17,21-22,26H,11-16H2,1-2H3,(H2,32,38)(H,33,41)(H,34,43)(H,35,39)(H,36,40)(H,37,42)/t21-,22-,26+/m0/s1. The van der Waals surface area contributed by atoms with E-state index in [9.17, 15) is 33.2 Å². The fourth-order valence-electron chi connectivity index (χ4n) is 4.31. The normalized spacial score (nSPS) is 19.9. The summed E-state index contributed by atoms with van der Waals surface area (Å²) in [5.74, 6) is -4.89. The van der Waals surface area contributed by atoms with Crippen LogP contribution in [0.2, 0.25) is 0 Å². The molecule has 0 fully saturated rings. The van der Waals surface area contributed by atoms with Crippen LogP contribution in [-0.2, 0) is 24.0 Å². The molecular formula is C30H37FN6O8. The zero-order chi connectivity index (χ0) is 32.9. The van der Waals surface area contributed by atoms with Gasteiger partial charge in [-0.2, -0.15) is 0 Å². The van der Waals surface area contributed by atoms with Crippen LogP contribution in [0.5, 0.6) is 11.5 Å².